The van der Waals surface area contributed by atoms with Gasteiger partial charge >= 0.3 is 18.5 Å². The van der Waals surface area contributed by atoms with Gasteiger partial charge in [-0.3, -0.25) is 9.36 Å². The first-order chi connectivity index (χ1) is 21.2. The minimum atomic E-state index is -4.31. The Labute approximate surface area is 259 Å². The van der Waals surface area contributed by atoms with Crippen molar-refractivity contribution in [3.8, 4) is 5.75 Å². The second-order valence-corrected chi connectivity index (χ2v) is 13.7. The molecule has 5 atom stereocenters. The summed E-state index contributed by atoms with van der Waals surface area (Å²) in [7, 11) is 0. The lowest BCUT2D eigenvalue weighted by Gasteiger charge is -2.34. The van der Waals surface area contributed by atoms with Crippen LogP contribution in [-0.2, 0) is 30.6 Å². The number of fused-ring (bicyclic) bond motifs is 2. The van der Waals surface area contributed by atoms with E-state index in [-0.39, 0.29) is 22.7 Å². The molecule has 1 fully saturated rings. The van der Waals surface area contributed by atoms with Crippen LogP contribution in [-0.4, -0.2) is 73.4 Å². The molecule has 242 valence electrons. The number of carbonyl (C=O) groups excluding carboxylic acids is 1. The molecule has 0 radical (unpaired) electrons. The fourth-order valence-electron chi connectivity index (χ4n) is 4.71. The normalized spacial score (nSPS) is 23.4. The standard InChI is InChI=1S/C27H29F4N6O6PS/c1-14(2)41-22(38)15(3)36-44(45,43-18-9-8-16-6-4-5-7-17(16)10-18)40-11-26(24(28)29)23(39)27(30,31)25(42-26)37-13-35-19-20(32)33-12-34-21(19)37/h4-10,12-15,23-25,39H,11H2,1-3H3,(H,36,45)(H2,32,33,34)/t15-,23+,25+,26+,44?/m0/s1. The summed E-state index contributed by atoms with van der Waals surface area (Å²) in [6.07, 6.45) is -7.98. The summed E-state index contributed by atoms with van der Waals surface area (Å²) in [5, 5.41) is 15.0. The Morgan fingerprint density at radius 1 is 1.18 bits per heavy atom. The Morgan fingerprint density at radius 3 is 2.58 bits per heavy atom. The number of benzene rings is 2. The van der Waals surface area contributed by atoms with E-state index in [9.17, 15) is 18.7 Å². The fraction of sp³-hybridized carbons (Fsp3) is 0.407. The molecule has 0 saturated carbocycles. The molecule has 0 amide bonds. The van der Waals surface area contributed by atoms with Crippen LogP contribution in [0.2, 0.25) is 0 Å². The number of aromatic nitrogens is 4. The van der Waals surface area contributed by atoms with E-state index in [1.165, 1.54) is 13.0 Å². The van der Waals surface area contributed by atoms with Gasteiger partial charge in [0.1, 0.15) is 23.6 Å². The molecule has 4 N–H and O–H groups in total. The lowest BCUT2D eigenvalue weighted by atomic mass is 9.96. The number of hydrogen-bond donors (Lipinski definition) is 3. The lowest BCUT2D eigenvalue weighted by Crippen LogP contribution is -2.54. The number of nitrogen functional groups attached to an aromatic ring is 1. The first-order valence-electron chi connectivity index (χ1n) is 13.5. The Hall–Kier alpha value is -3.47. The topological polar surface area (TPSA) is 156 Å². The summed E-state index contributed by atoms with van der Waals surface area (Å²) in [5.74, 6) is -5.08. The zero-order valence-electron chi connectivity index (χ0n) is 24.0. The van der Waals surface area contributed by atoms with Gasteiger partial charge in [0.15, 0.2) is 23.2 Å². The number of nitrogens with zero attached hydrogens (tertiary/aromatic N) is 4. The minimum Gasteiger partial charge on any atom is -0.462 e. The van der Waals surface area contributed by atoms with Gasteiger partial charge in [0.2, 0.25) is 6.23 Å². The number of nitrogens with two attached hydrogens (primary N) is 1. The summed E-state index contributed by atoms with van der Waals surface area (Å²) >= 11 is 5.60. The number of rotatable bonds is 11. The summed E-state index contributed by atoms with van der Waals surface area (Å²) < 4.78 is 83.5. The maximum atomic E-state index is 15.6. The number of ether oxygens (including phenoxy) is 2. The molecule has 2 aromatic carbocycles. The number of esters is 1. The molecule has 0 aliphatic carbocycles. The van der Waals surface area contributed by atoms with E-state index in [1.807, 2.05) is 12.1 Å². The van der Waals surface area contributed by atoms with Gasteiger partial charge in [-0.05, 0) is 55.5 Å². The summed E-state index contributed by atoms with van der Waals surface area (Å²) in [5.41, 5.74) is 2.10. The monoisotopic (exact) mass is 672 g/mol. The molecule has 2 aromatic heterocycles. The molecule has 12 nitrogen and oxygen atoms in total. The van der Waals surface area contributed by atoms with Crippen molar-refractivity contribution >= 4 is 52.2 Å². The van der Waals surface area contributed by atoms with Crippen LogP contribution in [0, 0.1) is 0 Å². The average molecular weight is 673 g/mol. The molecule has 1 aliphatic rings. The van der Waals surface area contributed by atoms with Crippen molar-refractivity contribution in [1.29, 1.82) is 0 Å². The molecule has 0 bridgehead atoms. The third-order valence-corrected chi connectivity index (χ3v) is 9.44. The van der Waals surface area contributed by atoms with Gasteiger partial charge in [-0.1, -0.05) is 30.3 Å². The van der Waals surface area contributed by atoms with E-state index in [2.05, 4.69) is 20.0 Å². The summed E-state index contributed by atoms with van der Waals surface area (Å²) in [6.45, 7) is -0.795. The minimum absolute atomic E-state index is 0.0806. The Bertz CT molecular complexity index is 1770. The van der Waals surface area contributed by atoms with Crippen molar-refractivity contribution in [1.82, 2.24) is 24.6 Å². The van der Waals surface area contributed by atoms with Crippen LogP contribution in [0.4, 0.5) is 23.4 Å². The quantitative estimate of drug-likeness (QED) is 0.118. The van der Waals surface area contributed by atoms with E-state index in [1.54, 1.807) is 38.1 Å². The second-order valence-electron chi connectivity index (χ2n) is 10.6. The van der Waals surface area contributed by atoms with Gasteiger partial charge in [-0.25, -0.2) is 28.8 Å². The SMILES string of the molecule is CC(C)OC(=O)[C@H](C)NP(=S)(OC[C@@]1(C(F)F)O[C@@H](n2cnc3c(N)ncnc32)C(F)(F)[C@@H]1O)Oc1ccc2ccccc2c1. The molecule has 18 heteroatoms. The second kappa shape index (κ2) is 12.4. The van der Waals surface area contributed by atoms with Crippen molar-refractivity contribution in [3.63, 3.8) is 0 Å². The van der Waals surface area contributed by atoms with E-state index < -0.39 is 61.6 Å². The van der Waals surface area contributed by atoms with Crippen LogP contribution in [0.25, 0.3) is 21.9 Å². The molecule has 4 aromatic rings. The van der Waals surface area contributed by atoms with Crippen molar-refractivity contribution < 1.29 is 46.0 Å². The third kappa shape index (κ3) is 6.33. The highest BCUT2D eigenvalue weighted by atomic mass is 32.5. The molecule has 1 unspecified atom stereocenters. The van der Waals surface area contributed by atoms with E-state index >= 15 is 8.78 Å². The zero-order valence-corrected chi connectivity index (χ0v) is 25.7. The van der Waals surface area contributed by atoms with Crippen LogP contribution in [0.15, 0.2) is 55.1 Å². The number of imidazole rings is 1. The summed E-state index contributed by atoms with van der Waals surface area (Å²) in [6, 6.07) is 10.9. The van der Waals surface area contributed by atoms with E-state index in [0.717, 1.165) is 23.4 Å². The predicted molar refractivity (Wildman–Crippen MR) is 158 cm³/mol. The average Bonchev–Trinajstić information content (AvgIpc) is 3.49. The van der Waals surface area contributed by atoms with Crippen LogP contribution in [0.1, 0.15) is 27.0 Å². The first kappa shape index (κ1) is 32.9. The molecule has 1 aliphatic heterocycles. The van der Waals surface area contributed by atoms with Gasteiger partial charge in [-0.2, -0.15) is 8.78 Å². The number of aliphatic hydroxyl groups is 1. The fourth-order valence-corrected chi connectivity index (χ4v) is 7.12. The Morgan fingerprint density at radius 2 is 1.89 bits per heavy atom. The lowest BCUT2D eigenvalue weighted by molar-refractivity contribution is -0.191. The molecular weight excluding hydrogens is 643 g/mol. The molecule has 5 rings (SSSR count). The van der Waals surface area contributed by atoms with Gasteiger partial charge in [-0.15, -0.1) is 0 Å². The van der Waals surface area contributed by atoms with Crippen LogP contribution < -0.4 is 15.3 Å². The maximum absolute atomic E-state index is 15.6. The van der Waals surface area contributed by atoms with Crippen LogP contribution >= 0.6 is 6.64 Å². The van der Waals surface area contributed by atoms with Crippen molar-refractivity contribution in [3.05, 3.63) is 55.1 Å². The van der Waals surface area contributed by atoms with Gasteiger partial charge in [0.05, 0.1) is 19.0 Å². The molecular formula is C27H29F4N6O6PS. The largest absolute Gasteiger partial charge is 0.462 e. The number of alkyl halides is 4. The van der Waals surface area contributed by atoms with Crippen LogP contribution in [0.3, 0.4) is 0 Å². The number of aliphatic hydroxyl groups excluding tert-OH is 1. The number of carbonyl (C=O) groups is 1. The number of halogens is 4. The zero-order chi connectivity index (χ0) is 32.7. The molecule has 1 saturated heterocycles. The third-order valence-electron chi connectivity index (χ3n) is 6.96. The number of anilines is 1. The smallest absolute Gasteiger partial charge is 0.323 e. The molecule has 45 heavy (non-hydrogen) atoms. The number of nitrogens with one attached hydrogen (secondary N) is 1. The maximum Gasteiger partial charge on any atom is 0.323 e. The van der Waals surface area contributed by atoms with E-state index in [0.29, 0.717) is 4.57 Å². The van der Waals surface area contributed by atoms with Crippen LogP contribution in [0.5, 0.6) is 5.75 Å². The Balaban J connectivity index is 1.48. The van der Waals surface area contributed by atoms with Crippen molar-refractivity contribution in [2.45, 2.75) is 63.2 Å². The Kier molecular flexibility index (Phi) is 9.05. The van der Waals surface area contributed by atoms with Gasteiger partial charge in [0.25, 0.3) is 6.43 Å². The van der Waals surface area contributed by atoms with Crippen molar-refractivity contribution in [2.24, 2.45) is 0 Å². The first-order valence-corrected chi connectivity index (χ1v) is 16.2. The van der Waals surface area contributed by atoms with E-state index in [4.69, 9.17) is 36.1 Å². The highest BCUT2D eigenvalue weighted by molar-refractivity contribution is 8.09. The van der Waals surface area contributed by atoms with Gasteiger partial charge < -0.3 is 29.4 Å². The summed E-state index contributed by atoms with van der Waals surface area (Å²) in [4.78, 5) is 24.1. The van der Waals surface area contributed by atoms with Gasteiger partial charge in [0, 0.05) is 0 Å². The number of hydrogen-bond acceptors (Lipinski definition) is 11. The van der Waals surface area contributed by atoms with Crippen molar-refractivity contribution in [2.75, 3.05) is 12.3 Å². The molecule has 3 heterocycles. The molecule has 0 spiro atoms. The highest BCUT2D eigenvalue weighted by Crippen LogP contribution is 2.54. The predicted octanol–water partition coefficient (Wildman–Crippen LogP) is 4.34. The highest BCUT2D eigenvalue weighted by Gasteiger charge is 2.71.